The number of carbonyl (C=O) groups excluding carboxylic acids is 2. The van der Waals surface area contributed by atoms with Crippen molar-refractivity contribution in [2.75, 3.05) is 6.61 Å². The predicted octanol–water partition coefficient (Wildman–Crippen LogP) is 1.86. The first-order valence-corrected chi connectivity index (χ1v) is 8.42. The molecule has 0 aliphatic carbocycles. The van der Waals surface area contributed by atoms with Crippen LogP contribution in [0.15, 0.2) is 68.6 Å². The first kappa shape index (κ1) is 17.5. The van der Waals surface area contributed by atoms with Gasteiger partial charge < -0.3 is 9.15 Å². The van der Waals surface area contributed by atoms with Gasteiger partial charge in [-0.2, -0.15) is 0 Å². The summed E-state index contributed by atoms with van der Waals surface area (Å²) in [6, 6.07) is 15.0. The smallest absolute Gasteiger partial charge is 0.328 e. The number of furan rings is 1. The topological polar surface area (TPSA) is 111 Å². The molecule has 0 aliphatic rings. The van der Waals surface area contributed by atoms with Gasteiger partial charge in [-0.15, -0.1) is 0 Å². The van der Waals surface area contributed by atoms with E-state index in [1.54, 1.807) is 36.4 Å². The van der Waals surface area contributed by atoms with Gasteiger partial charge in [0.05, 0.1) is 10.8 Å². The maximum absolute atomic E-state index is 12.4. The zero-order valence-electron chi connectivity index (χ0n) is 14.5. The highest BCUT2D eigenvalue weighted by molar-refractivity contribution is 5.99. The molecule has 4 aromatic rings. The zero-order valence-corrected chi connectivity index (χ0v) is 14.5. The number of hydrogen-bond acceptors (Lipinski definition) is 6. The molecular formula is C20H14N2O6. The molecule has 0 spiro atoms. The minimum absolute atomic E-state index is 0.0743. The lowest BCUT2D eigenvalue weighted by Crippen LogP contribution is -2.33. The maximum atomic E-state index is 12.4. The molecule has 0 aliphatic heterocycles. The van der Waals surface area contributed by atoms with Crippen LogP contribution >= 0.6 is 0 Å². The van der Waals surface area contributed by atoms with Crippen LogP contribution in [0.1, 0.15) is 10.6 Å². The molecule has 0 amide bonds. The second kappa shape index (κ2) is 6.99. The van der Waals surface area contributed by atoms with Crippen LogP contribution in [0.3, 0.4) is 0 Å². The molecule has 8 nitrogen and oxygen atoms in total. The molecule has 0 fully saturated rings. The SMILES string of the molecule is O=C(Cn1[nH]c(=O)c2ccccc2c1=O)OCC(=O)c1cc2ccccc2o1. The van der Waals surface area contributed by atoms with Crippen molar-refractivity contribution in [1.82, 2.24) is 9.78 Å². The van der Waals surface area contributed by atoms with Crippen LogP contribution < -0.4 is 11.1 Å². The summed E-state index contributed by atoms with van der Waals surface area (Å²) in [5.41, 5.74) is -0.477. The number of hydrogen-bond donors (Lipinski definition) is 1. The third-order valence-corrected chi connectivity index (χ3v) is 4.24. The molecule has 4 rings (SSSR count). The normalized spacial score (nSPS) is 11.0. The van der Waals surface area contributed by atoms with Crippen molar-refractivity contribution in [3.8, 4) is 0 Å². The van der Waals surface area contributed by atoms with Crippen molar-refractivity contribution in [2.45, 2.75) is 6.54 Å². The molecule has 28 heavy (non-hydrogen) atoms. The molecule has 0 unspecified atom stereocenters. The largest absolute Gasteiger partial charge is 0.456 e. The third kappa shape index (κ3) is 3.23. The summed E-state index contributed by atoms with van der Waals surface area (Å²) in [6.07, 6.45) is 0. The van der Waals surface area contributed by atoms with Gasteiger partial charge in [0, 0.05) is 5.39 Å². The van der Waals surface area contributed by atoms with Crippen molar-refractivity contribution < 1.29 is 18.7 Å². The summed E-state index contributed by atoms with van der Waals surface area (Å²) < 4.78 is 11.2. The van der Waals surface area contributed by atoms with Crippen molar-refractivity contribution in [2.24, 2.45) is 0 Å². The highest BCUT2D eigenvalue weighted by atomic mass is 16.5. The van der Waals surface area contributed by atoms with Crippen LogP contribution in [0, 0.1) is 0 Å². The van der Waals surface area contributed by atoms with Crippen LogP contribution in [0.4, 0.5) is 0 Å². The fourth-order valence-corrected chi connectivity index (χ4v) is 2.87. The molecule has 0 radical (unpaired) electrons. The lowest BCUT2D eigenvalue weighted by atomic mass is 10.2. The number of ether oxygens (including phenoxy) is 1. The Balaban J connectivity index is 1.47. The zero-order chi connectivity index (χ0) is 19.7. The fourth-order valence-electron chi connectivity index (χ4n) is 2.87. The number of aromatic nitrogens is 2. The minimum Gasteiger partial charge on any atom is -0.456 e. The van der Waals surface area contributed by atoms with E-state index >= 15 is 0 Å². The van der Waals surface area contributed by atoms with E-state index in [4.69, 9.17) is 9.15 Å². The van der Waals surface area contributed by atoms with E-state index < -0.39 is 36.0 Å². The van der Waals surface area contributed by atoms with Gasteiger partial charge in [-0.05, 0) is 24.3 Å². The van der Waals surface area contributed by atoms with Gasteiger partial charge in [-0.3, -0.25) is 24.3 Å². The minimum atomic E-state index is -0.836. The van der Waals surface area contributed by atoms with E-state index in [-0.39, 0.29) is 16.5 Å². The number of benzene rings is 2. The van der Waals surface area contributed by atoms with Gasteiger partial charge in [0.15, 0.2) is 12.4 Å². The number of nitrogens with one attached hydrogen (secondary N) is 1. The number of para-hydroxylation sites is 1. The summed E-state index contributed by atoms with van der Waals surface area (Å²) in [5.74, 6) is -1.27. The first-order chi connectivity index (χ1) is 13.5. The number of nitrogens with zero attached hydrogens (tertiary/aromatic N) is 1. The molecule has 2 heterocycles. The van der Waals surface area contributed by atoms with E-state index in [9.17, 15) is 19.2 Å². The number of rotatable bonds is 5. The van der Waals surface area contributed by atoms with E-state index in [1.807, 2.05) is 6.07 Å². The van der Waals surface area contributed by atoms with Crippen LogP contribution in [0.25, 0.3) is 21.7 Å². The quantitative estimate of drug-likeness (QED) is 0.419. The highest BCUT2D eigenvalue weighted by Gasteiger charge is 2.16. The summed E-state index contributed by atoms with van der Waals surface area (Å²) in [5, 5.41) is 3.52. The van der Waals surface area contributed by atoms with E-state index in [0.29, 0.717) is 5.58 Å². The second-order valence-corrected chi connectivity index (χ2v) is 6.11. The Morgan fingerprint density at radius 3 is 2.50 bits per heavy atom. The van der Waals surface area contributed by atoms with Gasteiger partial charge in [-0.1, -0.05) is 30.3 Å². The van der Waals surface area contributed by atoms with Gasteiger partial charge in [0.1, 0.15) is 12.1 Å². The molecule has 0 bridgehead atoms. The van der Waals surface area contributed by atoms with Gasteiger partial charge in [0.2, 0.25) is 5.78 Å². The van der Waals surface area contributed by atoms with Crippen LogP contribution in [0.5, 0.6) is 0 Å². The fraction of sp³-hybridized carbons (Fsp3) is 0.100. The van der Waals surface area contributed by atoms with E-state index in [2.05, 4.69) is 5.10 Å². The molecule has 8 heteroatoms. The Hall–Kier alpha value is -3.94. The third-order valence-electron chi connectivity index (χ3n) is 4.24. The number of carbonyl (C=O) groups is 2. The number of fused-ring (bicyclic) bond motifs is 2. The molecule has 1 N–H and O–H groups in total. The van der Waals surface area contributed by atoms with Crippen molar-refractivity contribution in [3.05, 3.63) is 81.1 Å². The Morgan fingerprint density at radius 1 is 1.00 bits per heavy atom. The lowest BCUT2D eigenvalue weighted by Gasteiger charge is -2.07. The van der Waals surface area contributed by atoms with Crippen LogP contribution in [-0.2, 0) is 16.1 Å². The van der Waals surface area contributed by atoms with Crippen molar-refractivity contribution in [3.63, 3.8) is 0 Å². The van der Waals surface area contributed by atoms with Gasteiger partial charge in [-0.25, -0.2) is 4.68 Å². The number of H-pyrrole nitrogens is 1. The van der Waals surface area contributed by atoms with Crippen LogP contribution in [0.2, 0.25) is 0 Å². The van der Waals surface area contributed by atoms with Crippen LogP contribution in [-0.4, -0.2) is 28.1 Å². The van der Waals surface area contributed by atoms with Crippen molar-refractivity contribution >= 4 is 33.5 Å². The average Bonchev–Trinajstić information content (AvgIpc) is 3.14. The molecule has 2 aromatic carbocycles. The summed E-state index contributed by atoms with van der Waals surface area (Å²) >= 11 is 0. The first-order valence-electron chi connectivity index (χ1n) is 8.42. The summed E-state index contributed by atoms with van der Waals surface area (Å²) in [4.78, 5) is 48.6. The molecule has 140 valence electrons. The lowest BCUT2D eigenvalue weighted by molar-refractivity contribution is -0.143. The highest BCUT2D eigenvalue weighted by Crippen LogP contribution is 2.19. The van der Waals surface area contributed by atoms with E-state index in [1.165, 1.54) is 12.1 Å². The number of esters is 1. The van der Waals surface area contributed by atoms with E-state index in [0.717, 1.165) is 10.1 Å². The second-order valence-electron chi connectivity index (χ2n) is 6.11. The Morgan fingerprint density at radius 2 is 1.71 bits per heavy atom. The van der Waals surface area contributed by atoms with Gasteiger partial charge >= 0.3 is 5.97 Å². The maximum Gasteiger partial charge on any atom is 0.328 e. The van der Waals surface area contributed by atoms with Crippen molar-refractivity contribution in [1.29, 1.82) is 0 Å². The Labute approximate surface area is 156 Å². The molecule has 2 aromatic heterocycles. The molecule has 0 saturated heterocycles. The molecular weight excluding hydrogens is 364 g/mol. The molecule has 0 atom stereocenters. The predicted molar refractivity (Wildman–Crippen MR) is 100 cm³/mol. The Kier molecular flexibility index (Phi) is 4.36. The number of ketones is 1. The monoisotopic (exact) mass is 378 g/mol. The van der Waals surface area contributed by atoms with Gasteiger partial charge in [0.25, 0.3) is 11.1 Å². The average molecular weight is 378 g/mol. The Bertz CT molecular complexity index is 1290. The summed E-state index contributed by atoms with van der Waals surface area (Å²) in [6.45, 7) is -1.06. The number of aromatic amines is 1. The summed E-state index contributed by atoms with van der Waals surface area (Å²) in [7, 11) is 0. The number of Topliss-reactive ketones (excluding diaryl/α,β-unsaturated/α-hetero) is 1. The molecule has 0 saturated carbocycles. The standard InChI is InChI=1S/C20H14N2O6/c23-15(17-9-12-5-1-4-8-16(12)28-17)11-27-18(24)10-22-20(26)14-7-3-2-6-13(14)19(25)21-22/h1-9H,10-11H2,(H,21,25).